The second-order valence-electron chi connectivity index (χ2n) is 13.9. The average Bonchev–Trinajstić information content (AvgIpc) is 3.52. The van der Waals surface area contributed by atoms with Crippen molar-refractivity contribution >= 4 is 38.0 Å². The third kappa shape index (κ3) is 4.62. The van der Waals surface area contributed by atoms with E-state index in [2.05, 4.69) is 195 Å². The third-order valence-electron chi connectivity index (χ3n) is 10.8. The minimum atomic E-state index is 1.21. The Hall–Kier alpha value is -6.44. The summed E-state index contributed by atoms with van der Waals surface area (Å²) in [5.41, 5.74) is 16.6. The van der Waals surface area contributed by atoms with Crippen LogP contribution in [0.2, 0.25) is 0 Å². The van der Waals surface area contributed by atoms with E-state index in [1.807, 2.05) is 0 Å². The summed E-state index contributed by atoms with van der Waals surface area (Å²) in [6.45, 7) is 0. The number of nitrogens with zero attached hydrogens (tertiary/aromatic N) is 1. The normalized spacial score (nSPS) is 11.7. The van der Waals surface area contributed by atoms with Crippen LogP contribution in [0, 0.1) is 0 Å². The topological polar surface area (TPSA) is 3.24 Å². The first-order valence-corrected chi connectivity index (χ1v) is 17.7. The van der Waals surface area contributed by atoms with Gasteiger partial charge in [-0.3, -0.25) is 0 Å². The van der Waals surface area contributed by atoms with Crippen LogP contribution in [0.15, 0.2) is 176 Å². The maximum atomic E-state index is 2.38. The van der Waals surface area contributed by atoms with E-state index in [0.717, 1.165) is 0 Å². The molecule has 9 aromatic rings. The largest absolute Gasteiger partial charge is 0.378 e. The first-order valence-electron chi connectivity index (χ1n) is 17.7. The zero-order chi connectivity index (χ0) is 34.1. The minimum absolute atomic E-state index is 1.21. The van der Waals surface area contributed by atoms with Crippen LogP contribution in [0.5, 0.6) is 0 Å². The first-order chi connectivity index (χ1) is 25.1. The molecule has 0 saturated heterocycles. The van der Waals surface area contributed by atoms with Crippen molar-refractivity contribution in [2.24, 2.45) is 0 Å². The van der Waals surface area contributed by atoms with Crippen molar-refractivity contribution in [1.29, 1.82) is 0 Å². The predicted octanol–water partition coefficient (Wildman–Crippen LogP) is 13.5. The number of fused-ring (bicyclic) bond motifs is 5. The van der Waals surface area contributed by atoms with E-state index in [0.29, 0.717) is 0 Å². The monoisotopic (exact) mass is 649 g/mol. The lowest BCUT2D eigenvalue weighted by Crippen LogP contribution is -2.07. The zero-order valence-corrected chi connectivity index (χ0v) is 28.7. The number of hydrogen-bond donors (Lipinski definition) is 0. The minimum Gasteiger partial charge on any atom is -0.378 e. The fourth-order valence-corrected chi connectivity index (χ4v) is 8.41. The van der Waals surface area contributed by atoms with Crippen molar-refractivity contribution in [3.05, 3.63) is 176 Å². The van der Waals surface area contributed by atoms with E-state index < -0.39 is 0 Å². The van der Waals surface area contributed by atoms with Gasteiger partial charge >= 0.3 is 0 Å². The summed E-state index contributed by atoms with van der Waals surface area (Å²) < 4.78 is 0. The predicted molar refractivity (Wildman–Crippen MR) is 219 cm³/mol. The van der Waals surface area contributed by atoms with E-state index in [9.17, 15) is 0 Å². The molecule has 1 heteroatoms. The molecule has 1 nitrogen and oxygen atoms in total. The molecule has 0 aliphatic heterocycles. The molecule has 0 heterocycles. The van der Waals surface area contributed by atoms with Gasteiger partial charge in [-0.05, 0) is 123 Å². The maximum Gasteiger partial charge on any atom is 0.0361 e. The molecule has 0 unspecified atom stereocenters. The molecular weight excluding hydrogens is 615 g/mol. The van der Waals surface area contributed by atoms with Crippen molar-refractivity contribution < 1.29 is 0 Å². The summed E-state index contributed by atoms with van der Waals surface area (Å²) in [5, 5.41) is 7.70. The Bertz CT molecular complexity index is 2700. The van der Waals surface area contributed by atoms with Gasteiger partial charge in [0.25, 0.3) is 0 Å². The molecule has 1 aliphatic rings. The average molecular weight is 650 g/mol. The Morgan fingerprint density at radius 2 is 0.804 bits per heavy atom. The molecule has 0 N–H and O–H groups in total. The molecule has 1 aliphatic carbocycles. The molecule has 0 spiro atoms. The van der Waals surface area contributed by atoms with E-state index in [1.54, 1.807) is 0 Å². The molecule has 9 aromatic carbocycles. The fraction of sp³-hybridized carbons (Fsp3) is 0.0400. The van der Waals surface area contributed by atoms with Gasteiger partial charge in [0.05, 0.1) is 0 Å². The van der Waals surface area contributed by atoms with Gasteiger partial charge in [-0.2, -0.15) is 0 Å². The lowest BCUT2D eigenvalue weighted by Gasteiger charge is -2.20. The number of benzene rings is 9. The van der Waals surface area contributed by atoms with Crippen LogP contribution >= 0.6 is 0 Å². The Balaban J connectivity index is 1.18. The Labute approximate surface area is 298 Å². The van der Waals surface area contributed by atoms with Crippen LogP contribution in [0.4, 0.5) is 5.69 Å². The highest BCUT2D eigenvalue weighted by atomic mass is 15.1. The highest BCUT2D eigenvalue weighted by Crippen LogP contribution is 2.58. The molecule has 0 saturated carbocycles. The SMILES string of the molecule is CN(C)c1ccc(-c2ccc3cc(-c4ccc5c6c(cccc46)-c4c-5c(-c5ccccc5)c5ccccc5c4-c4ccccc4)ccc3c2)cc1. The van der Waals surface area contributed by atoms with Crippen LogP contribution in [0.1, 0.15) is 0 Å². The molecule has 51 heavy (non-hydrogen) atoms. The Morgan fingerprint density at radius 1 is 0.314 bits per heavy atom. The third-order valence-corrected chi connectivity index (χ3v) is 10.8. The molecule has 0 aromatic heterocycles. The second kappa shape index (κ2) is 11.6. The van der Waals surface area contributed by atoms with E-state index in [4.69, 9.17) is 0 Å². The van der Waals surface area contributed by atoms with Gasteiger partial charge in [0, 0.05) is 19.8 Å². The van der Waals surface area contributed by atoms with Crippen molar-refractivity contribution in [1.82, 2.24) is 0 Å². The molecule has 0 fully saturated rings. The van der Waals surface area contributed by atoms with E-state index in [-0.39, 0.29) is 0 Å². The molecule has 240 valence electrons. The van der Waals surface area contributed by atoms with Crippen LogP contribution in [-0.2, 0) is 0 Å². The van der Waals surface area contributed by atoms with Crippen LogP contribution in [0.25, 0.3) is 99.1 Å². The second-order valence-corrected chi connectivity index (χ2v) is 13.9. The summed E-state index contributed by atoms with van der Waals surface area (Å²) in [7, 11) is 4.16. The zero-order valence-electron chi connectivity index (χ0n) is 28.7. The highest BCUT2D eigenvalue weighted by molar-refractivity contribution is 6.28. The van der Waals surface area contributed by atoms with Crippen LogP contribution in [0.3, 0.4) is 0 Å². The summed E-state index contributed by atoms with van der Waals surface area (Å²) in [5.74, 6) is 0. The van der Waals surface area contributed by atoms with Gasteiger partial charge in [-0.1, -0.05) is 152 Å². The standard InChI is InChI=1S/C50H35N/c1-51(2)39-26-24-32(25-27-39)35-20-21-37-31-38(23-22-36(37)30-35)40-28-29-45-48-41(40)18-11-19-44(48)49-46(33-12-5-3-6-13-33)42-16-9-10-17-43(42)47(50(45)49)34-14-7-4-8-15-34/h3-31H,1-2H3. The Morgan fingerprint density at radius 3 is 1.41 bits per heavy atom. The number of anilines is 1. The van der Waals surface area contributed by atoms with Gasteiger partial charge in [-0.25, -0.2) is 0 Å². The molecular formula is C50H35N. The first kappa shape index (κ1) is 29.5. The lowest BCUT2D eigenvalue weighted by molar-refractivity contribution is 1.13. The summed E-state index contributed by atoms with van der Waals surface area (Å²) in [6.07, 6.45) is 0. The fourth-order valence-electron chi connectivity index (χ4n) is 8.41. The summed E-state index contributed by atoms with van der Waals surface area (Å²) in [4.78, 5) is 2.14. The highest BCUT2D eigenvalue weighted by Gasteiger charge is 2.31. The van der Waals surface area contributed by atoms with Gasteiger partial charge in [0.2, 0.25) is 0 Å². The molecule has 0 amide bonds. The van der Waals surface area contributed by atoms with Crippen molar-refractivity contribution in [3.63, 3.8) is 0 Å². The summed E-state index contributed by atoms with van der Waals surface area (Å²) >= 11 is 0. The quantitative estimate of drug-likeness (QED) is 0.179. The smallest absolute Gasteiger partial charge is 0.0361 e. The van der Waals surface area contributed by atoms with Crippen molar-refractivity contribution in [3.8, 4) is 66.8 Å². The van der Waals surface area contributed by atoms with Gasteiger partial charge in [0.15, 0.2) is 0 Å². The van der Waals surface area contributed by atoms with Gasteiger partial charge in [0.1, 0.15) is 0 Å². The molecule has 0 bridgehead atoms. The van der Waals surface area contributed by atoms with Gasteiger partial charge < -0.3 is 4.90 Å². The van der Waals surface area contributed by atoms with E-state index >= 15 is 0 Å². The molecule has 0 radical (unpaired) electrons. The number of rotatable bonds is 5. The molecule has 10 rings (SSSR count). The van der Waals surface area contributed by atoms with E-state index in [1.165, 1.54) is 105 Å². The van der Waals surface area contributed by atoms with Crippen LogP contribution in [-0.4, -0.2) is 14.1 Å². The molecule has 0 atom stereocenters. The number of hydrogen-bond acceptors (Lipinski definition) is 1. The lowest BCUT2D eigenvalue weighted by atomic mass is 9.82. The van der Waals surface area contributed by atoms with Crippen LogP contribution < -0.4 is 4.90 Å². The summed E-state index contributed by atoms with van der Waals surface area (Å²) in [6, 6.07) is 65.1. The Kier molecular flexibility index (Phi) is 6.69. The van der Waals surface area contributed by atoms with Crippen molar-refractivity contribution in [2.45, 2.75) is 0 Å². The van der Waals surface area contributed by atoms with Gasteiger partial charge in [-0.15, -0.1) is 0 Å². The maximum absolute atomic E-state index is 2.38. The van der Waals surface area contributed by atoms with Crippen molar-refractivity contribution in [2.75, 3.05) is 19.0 Å².